The van der Waals surface area contributed by atoms with Gasteiger partial charge in [0.2, 0.25) is 11.8 Å². The number of carbonyl (C=O) groups is 2. The average molecular weight is 272 g/mol. The molecule has 19 heavy (non-hydrogen) atoms. The minimum absolute atomic E-state index is 0.127. The Labute approximate surface area is 114 Å². The maximum absolute atomic E-state index is 12.2. The van der Waals surface area contributed by atoms with Crippen LogP contribution in [0, 0.1) is 5.92 Å². The van der Waals surface area contributed by atoms with Crippen molar-refractivity contribution in [3.63, 3.8) is 0 Å². The van der Waals surface area contributed by atoms with E-state index in [4.69, 9.17) is 15.2 Å². The molecule has 0 bridgehead atoms. The van der Waals surface area contributed by atoms with Gasteiger partial charge in [0.25, 0.3) is 0 Å². The van der Waals surface area contributed by atoms with Crippen molar-refractivity contribution in [1.29, 1.82) is 0 Å². The van der Waals surface area contributed by atoms with E-state index in [1.54, 1.807) is 12.0 Å². The molecular formula is C13H24N2O4. The van der Waals surface area contributed by atoms with E-state index in [1.807, 2.05) is 6.92 Å². The van der Waals surface area contributed by atoms with Gasteiger partial charge in [0, 0.05) is 20.2 Å². The number of ether oxygens (including phenoxy) is 2. The topological polar surface area (TPSA) is 81.9 Å². The van der Waals surface area contributed by atoms with Gasteiger partial charge in [-0.05, 0) is 19.3 Å². The molecule has 0 spiro atoms. The van der Waals surface area contributed by atoms with E-state index in [2.05, 4.69) is 0 Å². The quantitative estimate of drug-likeness (QED) is 0.540. The number of nitrogens with zero attached hydrogens (tertiary/aromatic N) is 1. The van der Waals surface area contributed by atoms with Crippen LogP contribution in [0.4, 0.5) is 0 Å². The summed E-state index contributed by atoms with van der Waals surface area (Å²) in [4.78, 5) is 25.2. The van der Waals surface area contributed by atoms with Gasteiger partial charge in [-0.2, -0.15) is 0 Å². The fourth-order valence-corrected chi connectivity index (χ4v) is 2.30. The highest BCUT2D eigenvalue weighted by atomic mass is 16.7. The Bertz CT molecular complexity index is 301. The predicted octanol–water partition coefficient (Wildman–Crippen LogP) is 0.500. The van der Waals surface area contributed by atoms with Crippen molar-refractivity contribution in [2.75, 3.05) is 27.0 Å². The molecule has 1 rings (SSSR count). The van der Waals surface area contributed by atoms with Gasteiger partial charge in [0.05, 0.1) is 6.10 Å². The Hall–Kier alpha value is -1.14. The summed E-state index contributed by atoms with van der Waals surface area (Å²) in [6, 6.07) is 0. The van der Waals surface area contributed by atoms with E-state index in [-0.39, 0.29) is 18.8 Å². The van der Waals surface area contributed by atoms with Gasteiger partial charge in [0.1, 0.15) is 12.7 Å². The first-order valence-corrected chi connectivity index (χ1v) is 6.78. The van der Waals surface area contributed by atoms with Crippen LogP contribution in [0.2, 0.25) is 0 Å². The molecule has 0 aliphatic carbocycles. The van der Waals surface area contributed by atoms with Gasteiger partial charge in [-0.1, -0.05) is 13.3 Å². The number of nitrogens with two attached hydrogens (primary N) is 1. The second kappa shape index (κ2) is 8.12. The summed E-state index contributed by atoms with van der Waals surface area (Å²) in [5.74, 6) is -1.34. The smallest absolute Gasteiger partial charge is 0.235 e. The third-order valence-corrected chi connectivity index (χ3v) is 3.39. The van der Waals surface area contributed by atoms with Gasteiger partial charge in [-0.25, -0.2) is 0 Å². The summed E-state index contributed by atoms with van der Waals surface area (Å²) in [7, 11) is 1.58. The number of piperidine rings is 1. The van der Waals surface area contributed by atoms with Crippen molar-refractivity contribution >= 4 is 11.8 Å². The summed E-state index contributed by atoms with van der Waals surface area (Å²) in [6.07, 6.45) is 2.96. The van der Waals surface area contributed by atoms with Crippen LogP contribution in [0.3, 0.4) is 0 Å². The van der Waals surface area contributed by atoms with Gasteiger partial charge in [0.15, 0.2) is 0 Å². The van der Waals surface area contributed by atoms with Gasteiger partial charge in [-0.3, -0.25) is 9.59 Å². The molecular weight excluding hydrogens is 248 g/mol. The van der Waals surface area contributed by atoms with Crippen LogP contribution in [0.15, 0.2) is 0 Å². The summed E-state index contributed by atoms with van der Waals surface area (Å²) < 4.78 is 10.3. The van der Waals surface area contributed by atoms with Gasteiger partial charge in [-0.15, -0.1) is 0 Å². The molecule has 1 saturated heterocycles. The van der Waals surface area contributed by atoms with Crippen LogP contribution in [0.1, 0.15) is 32.6 Å². The Balaban J connectivity index is 2.45. The van der Waals surface area contributed by atoms with Gasteiger partial charge < -0.3 is 20.1 Å². The predicted molar refractivity (Wildman–Crippen MR) is 70.2 cm³/mol. The number of hydrogen-bond acceptors (Lipinski definition) is 4. The van der Waals surface area contributed by atoms with E-state index < -0.39 is 11.8 Å². The van der Waals surface area contributed by atoms with Crippen LogP contribution in [0.25, 0.3) is 0 Å². The SMILES string of the molecule is CCC[C@H](C(N)=O)C(=O)N1CCC(OCOC)CC1. The molecule has 110 valence electrons. The lowest BCUT2D eigenvalue weighted by molar-refractivity contribution is -0.144. The van der Waals surface area contributed by atoms with Gasteiger partial charge >= 0.3 is 0 Å². The molecule has 0 aromatic rings. The largest absolute Gasteiger partial charge is 0.369 e. The second-order valence-electron chi connectivity index (χ2n) is 4.84. The average Bonchev–Trinajstić information content (AvgIpc) is 2.42. The highest BCUT2D eigenvalue weighted by Crippen LogP contribution is 2.18. The first kappa shape index (κ1) is 15.9. The molecule has 0 unspecified atom stereocenters. The number of carbonyl (C=O) groups excluding carboxylic acids is 2. The molecule has 2 N–H and O–H groups in total. The van der Waals surface area contributed by atoms with Crippen molar-refractivity contribution in [1.82, 2.24) is 4.90 Å². The first-order chi connectivity index (χ1) is 9.10. The van der Waals surface area contributed by atoms with E-state index in [1.165, 1.54) is 0 Å². The molecule has 1 aliphatic heterocycles. The molecule has 0 aromatic carbocycles. The Morgan fingerprint density at radius 2 is 2.00 bits per heavy atom. The third kappa shape index (κ3) is 4.80. The second-order valence-corrected chi connectivity index (χ2v) is 4.84. The van der Waals surface area contributed by atoms with Crippen LogP contribution in [-0.4, -0.2) is 49.8 Å². The molecule has 1 atom stereocenters. The number of hydrogen-bond donors (Lipinski definition) is 1. The number of methoxy groups -OCH3 is 1. The summed E-state index contributed by atoms with van der Waals surface area (Å²) in [5.41, 5.74) is 5.30. The lowest BCUT2D eigenvalue weighted by atomic mass is 9.99. The Kier molecular flexibility index (Phi) is 6.80. The van der Waals surface area contributed by atoms with Crippen LogP contribution in [-0.2, 0) is 19.1 Å². The summed E-state index contributed by atoms with van der Waals surface area (Å²) in [6.45, 7) is 3.44. The van der Waals surface area contributed by atoms with Crippen LogP contribution < -0.4 is 5.73 Å². The fraction of sp³-hybridized carbons (Fsp3) is 0.846. The highest BCUT2D eigenvalue weighted by Gasteiger charge is 2.31. The molecule has 0 radical (unpaired) electrons. The Morgan fingerprint density at radius 1 is 1.37 bits per heavy atom. The normalized spacial score (nSPS) is 18.3. The summed E-state index contributed by atoms with van der Waals surface area (Å²) in [5, 5.41) is 0. The third-order valence-electron chi connectivity index (χ3n) is 3.39. The van der Waals surface area contributed by atoms with E-state index in [9.17, 15) is 9.59 Å². The lowest BCUT2D eigenvalue weighted by Gasteiger charge is -2.33. The number of amides is 2. The maximum atomic E-state index is 12.2. The number of primary amides is 1. The minimum atomic E-state index is -0.679. The molecule has 0 saturated carbocycles. The standard InChI is InChI=1S/C13H24N2O4/c1-3-4-11(12(14)16)13(17)15-7-5-10(6-8-15)19-9-18-2/h10-11H,3-9H2,1-2H3,(H2,14,16)/t11-/m1/s1. The monoisotopic (exact) mass is 272 g/mol. The lowest BCUT2D eigenvalue weighted by Crippen LogP contribution is -2.46. The van der Waals surface area contributed by atoms with Crippen molar-refractivity contribution in [3.8, 4) is 0 Å². The molecule has 1 fully saturated rings. The van der Waals surface area contributed by atoms with Crippen LogP contribution >= 0.6 is 0 Å². The van der Waals surface area contributed by atoms with Crippen molar-refractivity contribution < 1.29 is 19.1 Å². The van der Waals surface area contributed by atoms with Crippen LogP contribution in [0.5, 0.6) is 0 Å². The van der Waals surface area contributed by atoms with Crippen molar-refractivity contribution in [3.05, 3.63) is 0 Å². The number of rotatable bonds is 7. The molecule has 2 amide bonds. The molecule has 6 heteroatoms. The Morgan fingerprint density at radius 3 is 2.47 bits per heavy atom. The molecule has 1 aliphatic rings. The highest BCUT2D eigenvalue weighted by molar-refractivity contribution is 5.99. The van der Waals surface area contributed by atoms with Crippen molar-refractivity contribution in [2.24, 2.45) is 11.7 Å². The summed E-state index contributed by atoms with van der Waals surface area (Å²) >= 11 is 0. The fourth-order valence-electron chi connectivity index (χ4n) is 2.30. The zero-order valence-electron chi connectivity index (χ0n) is 11.8. The first-order valence-electron chi connectivity index (χ1n) is 6.78. The minimum Gasteiger partial charge on any atom is -0.369 e. The van der Waals surface area contributed by atoms with Crippen molar-refractivity contribution in [2.45, 2.75) is 38.7 Å². The maximum Gasteiger partial charge on any atom is 0.235 e. The zero-order chi connectivity index (χ0) is 14.3. The number of likely N-dealkylation sites (tertiary alicyclic amines) is 1. The zero-order valence-corrected chi connectivity index (χ0v) is 11.8. The molecule has 6 nitrogen and oxygen atoms in total. The van der Waals surface area contributed by atoms with E-state index in [0.29, 0.717) is 19.5 Å². The molecule has 0 aromatic heterocycles. The van der Waals surface area contributed by atoms with E-state index in [0.717, 1.165) is 19.3 Å². The molecule has 1 heterocycles. The van der Waals surface area contributed by atoms with E-state index >= 15 is 0 Å².